The largest absolute Gasteiger partial charge is 0.376 e. The maximum absolute atomic E-state index is 5.58. The first-order chi connectivity index (χ1) is 6.81. The van der Waals surface area contributed by atoms with Gasteiger partial charge < -0.3 is 23.7 Å². The fourth-order valence-corrected chi connectivity index (χ4v) is 2.14. The van der Waals surface area contributed by atoms with Gasteiger partial charge in [0.25, 0.3) is 0 Å². The lowest BCUT2D eigenvalue weighted by atomic mass is 10.0. The topological polar surface area (TPSA) is 46.2 Å². The van der Waals surface area contributed by atoms with Gasteiger partial charge in [0.05, 0.1) is 6.61 Å². The maximum Gasteiger partial charge on any atom is 0.187 e. The lowest BCUT2D eigenvalue weighted by Crippen LogP contribution is -2.56. The van der Waals surface area contributed by atoms with Crippen LogP contribution in [0.25, 0.3) is 0 Å². The van der Waals surface area contributed by atoms with Crippen LogP contribution >= 0.6 is 0 Å². The summed E-state index contributed by atoms with van der Waals surface area (Å²) in [6.07, 6.45) is -0.827. The van der Waals surface area contributed by atoms with Crippen LogP contribution < -0.4 is 0 Å². The monoisotopic (exact) mass is 204 g/mol. The smallest absolute Gasteiger partial charge is 0.187 e. The van der Waals surface area contributed by atoms with E-state index in [1.165, 1.54) is 0 Å². The predicted molar refractivity (Wildman–Crippen MR) is 47.0 cm³/mol. The average molecular weight is 204 g/mol. The molecule has 2 saturated heterocycles. The minimum absolute atomic E-state index is 0.0404. The van der Waals surface area contributed by atoms with Crippen LogP contribution in [-0.4, -0.2) is 58.6 Å². The highest BCUT2D eigenvalue weighted by molar-refractivity contribution is 4.95. The summed E-state index contributed by atoms with van der Waals surface area (Å²) in [5, 5.41) is 0. The molecule has 2 bridgehead atoms. The van der Waals surface area contributed by atoms with Crippen LogP contribution in [0, 0.1) is 0 Å². The number of rotatable bonds is 3. The quantitative estimate of drug-likeness (QED) is 0.636. The van der Waals surface area contributed by atoms with Crippen molar-refractivity contribution < 1.29 is 23.7 Å². The van der Waals surface area contributed by atoms with E-state index >= 15 is 0 Å². The summed E-state index contributed by atoms with van der Waals surface area (Å²) < 4.78 is 27.0. The molecule has 82 valence electrons. The van der Waals surface area contributed by atoms with Crippen molar-refractivity contribution in [3.05, 3.63) is 0 Å². The second-order valence-corrected chi connectivity index (χ2v) is 3.48. The number of hydrogen-bond donors (Lipinski definition) is 0. The lowest BCUT2D eigenvalue weighted by Gasteiger charge is -2.38. The van der Waals surface area contributed by atoms with Crippen LogP contribution in [0.4, 0.5) is 0 Å². The van der Waals surface area contributed by atoms with Crippen molar-refractivity contribution in [1.29, 1.82) is 0 Å². The van der Waals surface area contributed by atoms with E-state index in [9.17, 15) is 0 Å². The van der Waals surface area contributed by atoms with E-state index in [-0.39, 0.29) is 30.7 Å². The third-order valence-electron chi connectivity index (χ3n) is 2.83. The molecule has 0 N–H and O–H groups in total. The van der Waals surface area contributed by atoms with Gasteiger partial charge in [-0.2, -0.15) is 0 Å². The molecular formula is C9H16O5. The highest BCUT2D eigenvalue weighted by Gasteiger charge is 2.51. The Kier molecular flexibility index (Phi) is 3.04. The average Bonchev–Trinajstić information content (AvgIpc) is 2.63. The SMILES string of the molecule is CO[C@H]1[C@@H](OC)[C@H]2CO[C@H](O2)[C@@H]1OC. The molecule has 2 fully saturated rings. The molecule has 5 nitrogen and oxygen atoms in total. The van der Waals surface area contributed by atoms with Gasteiger partial charge in [-0.05, 0) is 0 Å². The standard InChI is InChI=1S/C9H16O5/c1-10-6-5-4-13-9(14-5)8(12-3)7(6)11-2/h5-9H,4H2,1-3H3/t5-,6+,7+,8-,9-/m1/s1. The number of hydrogen-bond acceptors (Lipinski definition) is 5. The van der Waals surface area contributed by atoms with Crippen molar-refractivity contribution in [2.45, 2.75) is 30.7 Å². The van der Waals surface area contributed by atoms with E-state index in [0.29, 0.717) is 6.61 Å². The third kappa shape index (κ3) is 1.45. The number of fused-ring (bicyclic) bond motifs is 2. The van der Waals surface area contributed by atoms with E-state index < -0.39 is 0 Å². The van der Waals surface area contributed by atoms with Crippen LogP contribution in [0.2, 0.25) is 0 Å². The van der Waals surface area contributed by atoms with Gasteiger partial charge in [-0.15, -0.1) is 0 Å². The van der Waals surface area contributed by atoms with Crippen molar-refractivity contribution in [1.82, 2.24) is 0 Å². The first-order valence-corrected chi connectivity index (χ1v) is 4.67. The lowest BCUT2D eigenvalue weighted by molar-refractivity contribution is -0.246. The summed E-state index contributed by atoms with van der Waals surface area (Å²) in [4.78, 5) is 0. The van der Waals surface area contributed by atoms with Crippen LogP contribution in [0.5, 0.6) is 0 Å². The second kappa shape index (κ2) is 4.12. The minimum atomic E-state index is -0.318. The molecule has 0 aromatic heterocycles. The zero-order chi connectivity index (χ0) is 10.1. The first-order valence-electron chi connectivity index (χ1n) is 4.67. The summed E-state index contributed by atoms with van der Waals surface area (Å²) in [5.41, 5.74) is 0. The zero-order valence-corrected chi connectivity index (χ0v) is 8.64. The normalized spacial score (nSPS) is 46.9. The van der Waals surface area contributed by atoms with Gasteiger partial charge >= 0.3 is 0 Å². The Balaban J connectivity index is 2.16. The van der Waals surface area contributed by atoms with Crippen molar-refractivity contribution in [2.75, 3.05) is 27.9 Å². The Morgan fingerprint density at radius 1 is 0.929 bits per heavy atom. The molecule has 2 rings (SSSR count). The van der Waals surface area contributed by atoms with Crippen molar-refractivity contribution in [2.24, 2.45) is 0 Å². The first kappa shape index (κ1) is 10.3. The summed E-state index contributed by atoms with van der Waals surface area (Å²) in [6.45, 7) is 0.545. The molecule has 0 spiro atoms. The van der Waals surface area contributed by atoms with Crippen molar-refractivity contribution in [3.8, 4) is 0 Å². The van der Waals surface area contributed by atoms with Crippen molar-refractivity contribution in [3.63, 3.8) is 0 Å². The number of methoxy groups -OCH3 is 3. The van der Waals surface area contributed by atoms with Gasteiger partial charge in [0.15, 0.2) is 6.29 Å². The fraction of sp³-hybridized carbons (Fsp3) is 1.00. The minimum Gasteiger partial charge on any atom is -0.376 e. The number of ether oxygens (including phenoxy) is 5. The predicted octanol–water partition coefficient (Wildman–Crippen LogP) is -0.214. The van der Waals surface area contributed by atoms with Gasteiger partial charge in [0.2, 0.25) is 0 Å². The summed E-state index contributed by atoms with van der Waals surface area (Å²) in [7, 11) is 4.91. The van der Waals surface area contributed by atoms with Crippen LogP contribution in [-0.2, 0) is 23.7 Å². The highest BCUT2D eigenvalue weighted by Crippen LogP contribution is 2.32. The highest BCUT2D eigenvalue weighted by atomic mass is 16.8. The van der Waals surface area contributed by atoms with E-state index in [2.05, 4.69) is 0 Å². The molecule has 0 aromatic rings. The molecule has 2 aliphatic rings. The molecule has 0 unspecified atom stereocenters. The van der Waals surface area contributed by atoms with Crippen LogP contribution in [0.1, 0.15) is 0 Å². The molecule has 5 heteroatoms. The summed E-state index contributed by atoms with van der Waals surface area (Å²) in [6, 6.07) is 0. The molecule has 0 aromatic carbocycles. The third-order valence-corrected chi connectivity index (χ3v) is 2.83. The summed E-state index contributed by atoms with van der Waals surface area (Å²) in [5.74, 6) is 0. The molecule has 2 heterocycles. The van der Waals surface area contributed by atoms with E-state index in [0.717, 1.165) is 0 Å². The van der Waals surface area contributed by atoms with Crippen LogP contribution in [0.3, 0.4) is 0 Å². The Hall–Kier alpha value is -0.200. The Labute approximate surface area is 83.2 Å². The van der Waals surface area contributed by atoms with Crippen LogP contribution in [0.15, 0.2) is 0 Å². The molecule has 0 saturated carbocycles. The Morgan fingerprint density at radius 2 is 1.57 bits per heavy atom. The van der Waals surface area contributed by atoms with Gasteiger partial charge in [0.1, 0.15) is 24.4 Å². The van der Waals surface area contributed by atoms with Crippen molar-refractivity contribution >= 4 is 0 Å². The van der Waals surface area contributed by atoms with Gasteiger partial charge in [-0.3, -0.25) is 0 Å². The van der Waals surface area contributed by atoms with Gasteiger partial charge in [-0.1, -0.05) is 0 Å². The summed E-state index contributed by atoms with van der Waals surface area (Å²) >= 11 is 0. The van der Waals surface area contributed by atoms with E-state index in [1.54, 1.807) is 21.3 Å². The molecule has 14 heavy (non-hydrogen) atoms. The molecule has 0 amide bonds. The van der Waals surface area contributed by atoms with Gasteiger partial charge in [-0.25, -0.2) is 0 Å². The van der Waals surface area contributed by atoms with Gasteiger partial charge in [0, 0.05) is 21.3 Å². The second-order valence-electron chi connectivity index (χ2n) is 3.48. The Bertz CT molecular complexity index is 180. The molecule has 2 aliphatic heterocycles. The van der Waals surface area contributed by atoms with E-state index in [1.807, 2.05) is 0 Å². The molecular weight excluding hydrogens is 188 g/mol. The fourth-order valence-electron chi connectivity index (χ4n) is 2.14. The Morgan fingerprint density at radius 3 is 2.14 bits per heavy atom. The molecule has 0 radical (unpaired) electrons. The molecule has 5 atom stereocenters. The van der Waals surface area contributed by atoms with E-state index in [4.69, 9.17) is 23.7 Å². The zero-order valence-electron chi connectivity index (χ0n) is 8.64. The molecule has 0 aliphatic carbocycles. The maximum atomic E-state index is 5.58.